The van der Waals surface area contributed by atoms with Gasteiger partial charge in [-0.2, -0.15) is 0 Å². The van der Waals surface area contributed by atoms with Crippen LogP contribution in [0, 0.1) is 0 Å². The normalized spacial score (nSPS) is 15.2. The first-order valence-electron chi connectivity index (χ1n) is 7.06. The Balaban J connectivity index is 2.04. The van der Waals surface area contributed by atoms with Crippen molar-refractivity contribution in [3.63, 3.8) is 0 Å². The molecule has 110 valence electrons. The summed E-state index contributed by atoms with van der Waals surface area (Å²) in [6.45, 7) is 3.16. The van der Waals surface area contributed by atoms with Gasteiger partial charge in [0.05, 0.1) is 38.0 Å². The Morgan fingerprint density at radius 2 is 2.10 bits per heavy atom. The minimum Gasteiger partial charge on any atom is -0.469 e. The quantitative estimate of drug-likeness (QED) is 0.805. The summed E-state index contributed by atoms with van der Waals surface area (Å²) in [4.78, 5) is 18.4. The van der Waals surface area contributed by atoms with E-state index in [0.29, 0.717) is 0 Å². The SMILES string of the molecule is COC(=O)Cc1cc(N2CCOCC2)c2ccccc2n1. The summed E-state index contributed by atoms with van der Waals surface area (Å²) in [5.74, 6) is -0.272. The molecule has 0 spiro atoms. The lowest BCUT2D eigenvalue weighted by Crippen LogP contribution is -2.36. The van der Waals surface area contributed by atoms with Crippen molar-refractivity contribution in [3.05, 3.63) is 36.0 Å². The minimum absolute atomic E-state index is 0.193. The number of fused-ring (bicyclic) bond motifs is 1. The molecule has 0 atom stereocenters. The summed E-state index contributed by atoms with van der Waals surface area (Å²) in [7, 11) is 1.40. The average Bonchev–Trinajstić information content (AvgIpc) is 2.55. The van der Waals surface area contributed by atoms with E-state index in [0.717, 1.165) is 48.6 Å². The highest BCUT2D eigenvalue weighted by Crippen LogP contribution is 2.27. The molecule has 0 saturated carbocycles. The summed E-state index contributed by atoms with van der Waals surface area (Å²) in [5, 5.41) is 1.10. The maximum absolute atomic E-state index is 11.5. The molecule has 1 aliphatic rings. The van der Waals surface area contributed by atoms with Gasteiger partial charge in [-0.25, -0.2) is 0 Å². The van der Waals surface area contributed by atoms with Crippen molar-refractivity contribution in [2.45, 2.75) is 6.42 Å². The standard InChI is InChI=1S/C16H18N2O3/c1-20-16(19)11-12-10-15(18-6-8-21-9-7-18)13-4-2-3-5-14(13)17-12/h2-5,10H,6-9,11H2,1H3. The molecule has 1 fully saturated rings. The van der Waals surface area contributed by atoms with Crippen LogP contribution in [0.25, 0.3) is 10.9 Å². The highest BCUT2D eigenvalue weighted by Gasteiger charge is 2.16. The smallest absolute Gasteiger partial charge is 0.311 e. The molecule has 0 N–H and O–H groups in total. The number of rotatable bonds is 3. The first-order valence-corrected chi connectivity index (χ1v) is 7.06. The topological polar surface area (TPSA) is 51.7 Å². The molecular formula is C16H18N2O3. The van der Waals surface area contributed by atoms with Gasteiger partial charge in [-0.15, -0.1) is 0 Å². The Kier molecular flexibility index (Phi) is 4.01. The molecule has 21 heavy (non-hydrogen) atoms. The third-order valence-corrected chi connectivity index (χ3v) is 3.65. The van der Waals surface area contributed by atoms with E-state index in [-0.39, 0.29) is 12.4 Å². The molecule has 2 heterocycles. The lowest BCUT2D eigenvalue weighted by molar-refractivity contribution is -0.139. The summed E-state index contributed by atoms with van der Waals surface area (Å²) in [6.07, 6.45) is 0.193. The largest absolute Gasteiger partial charge is 0.469 e. The second-order valence-electron chi connectivity index (χ2n) is 5.00. The van der Waals surface area contributed by atoms with Gasteiger partial charge in [0.15, 0.2) is 0 Å². The number of morpholine rings is 1. The number of para-hydroxylation sites is 1. The van der Waals surface area contributed by atoms with Gasteiger partial charge in [0.2, 0.25) is 0 Å². The number of ether oxygens (including phenoxy) is 2. The number of carbonyl (C=O) groups is 1. The van der Waals surface area contributed by atoms with Crippen LogP contribution in [0.1, 0.15) is 5.69 Å². The highest BCUT2D eigenvalue weighted by atomic mass is 16.5. The first-order chi connectivity index (χ1) is 10.3. The molecular weight excluding hydrogens is 268 g/mol. The predicted octanol–water partition coefficient (Wildman–Crippen LogP) is 1.79. The van der Waals surface area contributed by atoms with E-state index in [2.05, 4.69) is 16.0 Å². The van der Waals surface area contributed by atoms with Crippen LogP contribution in [-0.4, -0.2) is 44.4 Å². The van der Waals surface area contributed by atoms with Gasteiger partial charge < -0.3 is 14.4 Å². The monoisotopic (exact) mass is 286 g/mol. The number of benzene rings is 1. The molecule has 1 aliphatic heterocycles. The van der Waals surface area contributed by atoms with E-state index in [1.165, 1.54) is 7.11 Å². The van der Waals surface area contributed by atoms with Crippen molar-refractivity contribution in [1.82, 2.24) is 4.98 Å². The Labute approximate surface area is 123 Å². The number of nitrogens with zero attached hydrogens (tertiary/aromatic N) is 2. The molecule has 2 aromatic rings. The Hall–Kier alpha value is -2.14. The minimum atomic E-state index is -0.272. The van der Waals surface area contributed by atoms with Crippen LogP contribution in [0.3, 0.4) is 0 Å². The van der Waals surface area contributed by atoms with E-state index in [9.17, 15) is 4.79 Å². The second-order valence-corrected chi connectivity index (χ2v) is 5.00. The van der Waals surface area contributed by atoms with Crippen LogP contribution in [-0.2, 0) is 20.7 Å². The molecule has 3 rings (SSSR count). The molecule has 1 saturated heterocycles. The second kappa shape index (κ2) is 6.10. The summed E-state index contributed by atoms with van der Waals surface area (Å²) < 4.78 is 10.2. The zero-order valence-electron chi connectivity index (χ0n) is 12.0. The molecule has 1 aromatic carbocycles. The average molecular weight is 286 g/mol. The van der Waals surface area contributed by atoms with Crippen molar-refractivity contribution in [3.8, 4) is 0 Å². The van der Waals surface area contributed by atoms with Gasteiger partial charge in [-0.05, 0) is 12.1 Å². The highest BCUT2D eigenvalue weighted by molar-refractivity contribution is 5.92. The van der Waals surface area contributed by atoms with Crippen LogP contribution < -0.4 is 4.90 Å². The van der Waals surface area contributed by atoms with Gasteiger partial charge in [0, 0.05) is 24.2 Å². The van der Waals surface area contributed by atoms with Crippen LogP contribution in [0.5, 0.6) is 0 Å². The molecule has 1 aromatic heterocycles. The van der Waals surface area contributed by atoms with Gasteiger partial charge in [-0.3, -0.25) is 9.78 Å². The van der Waals surface area contributed by atoms with E-state index in [4.69, 9.17) is 9.47 Å². The van der Waals surface area contributed by atoms with Crippen molar-refractivity contribution in [2.75, 3.05) is 38.3 Å². The van der Waals surface area contributed by atoms with Gasteiger partial charge >= 0.3 is 5.97 Å². The summed E-state index contributed by atoms with van der Waals surface area (Å²) in [6, 6.07) is 9.99. The molecule has 0 aliphatic carbocycles. The fraction of sp³-hybridized carbons (Fsp3) is 0.375. The Morgan fingerprint density at radius 1 is 1.33 bits per heavy atom. The summed E-state index contributed by atoms with van der Waals surface area (Å²) in [5.41, 5.74) is 2.75. The van der Waals surface area contributed by atoms with Crippen molar-refractivity contribution in [1.29, 1.82) is 0 Å². The summed E-state index contributed by atoms with van der Waals surface area (Å²) >= 11 is 0. The van der Waals surface area contributed by atoms with E-state index in [1.807, 2.05) is 24.3 Å². The van der Waals surface area contributed by atoms with Crippen molar-refractivity contribution in [2.24, 2.45) is 0 Å². The third kappa shape index (κ3) is 2.97. The van der Waals surface area contributed by atoms with Crippen LogP contribution >= 0.6 is 0 Å². The molecule has 0 radical (unpaired) electrons. The number of methoxy groups -OCH3 is 1. The van der Waals surface area contributed by atoms with Crippen LogP contribution in [0.15, 0.2) is 30.3 Å². The van der Waals surface area contributed by atoms with Crippen LogP contribution in [0.4, 0.5) is 5.69 Å². The van der Waals surface area contributed by atoms with Gasteiger partial charge in [0.1, 0.15) is 0 Å². The van der Waals surface area contributed by atoms with Crippen molar-refractivity contribution < 1.29 is 14.3 Å². The Bertz CT molecular complexity index is 651. The maximum atomic E-state index is 11.5. The number of anilines is 1. The van der Waals surface area contributed by atoms with E-state index >= 15 is 0 Å². The zero-order valence-corrected chi connectivity index (χ0v) is 12.0. The van der Waals surface area contributed by atoms with Crippen molar-refractivity contribution >= 4 is 22.6 Å². The maximum Gasteiger partial charge on any atom is 0.311 e. The lowest BCUT2D eigenvalue weighted by atomic mass is 10.1. The number of hydrogen-bond acceptors (Lipinski definition) is 5. The number of carbonyl (C=O) groups excluding carboxylic acids is 1. The van der Waals surface area contributed by atoms with Gasteiger partial charge in [0.25, 0.3) is 0 Å². The lowest BCUT2D eigenvalue weighted by Gasteiger charge is -2.30. The molecule has 0 unspecified atom stereocenters. The van der Waals surface area contributed by atoms with E-state index < -0.39 is 0 Å². The zero-order chi connectivity index (χ0) is 14.7. The number of pyridine rings is 1. The van der Waals surface area contributed by atoms with E-state index in [1.54, 1.807) is 0 Å². The fourth-order valence-corrected chi connectivity index (χ4v) is 2.59. The number of hydrogen-bond donors (Lipinski definition) is 0. The fourth-order valence-electron chi connectivity index (χ4n) is 2.59. The molecule has 5 heteroatoms. The third-order valence-electron chi connectivity index (χ3n) is 3.65. The van der Waals surface area contributed by atoms with Gasteiger partial charge in [-0.1, -0.05) is 18.2 Å². The molecule has 0 bridgehead atoms. The first kappa shape index (κ1) is 13.8. The molecule has 5 nitrogen and oxygen atoms in total. The van der Waals surface area contributed by atoms with Crippen LogP contribution in [0.2, 0.25) is 0 Å². The number of aromatic nitrogens is 1. The number of esters is 1. The molecule has 0 amide bonds. The predicted molar refractivity (Wildman–Crippen MR) is 80.5 cm³/mol. The Morgan fingerprint density at radius 3 is 2.86 bits per heavy atom.